The Morgan fingerprint density at radius 2 is 1.84 bits per heavy atom. The van der Waals surface area contributed by atoms with E-state index < -0.39 is 0 Å². The second-order valence-corrected chi connectivity index (χ2v) is 8.55. The van der Waals surface area contributed by atoms with Crippen LogP contribution in [0.4, 0.5) is 0 Å². The van der Waals surface area contributed by atoms with Gasteiger partial charge in [-0.15, -0.1) is 24.0 Å². The van der Waals surface area contributed by atoms with Crippen LogP contribution in [0.3, 0.4) is 0 Å². The molecule has 1 aromatic carbocycles. The Bertz CT molecular complexity index is 829. The minimum Gasteiger partial charge on any atom is -0.381 e. The number of aliphatic imine (C=N–C) groups is 1. The van der Waals surface area contributed by atoms with Gasteiger partial charge in [0.15, 0.2) is 5.96 Å². The molecule has 0 amide bonds. The summed E-state index contributed by atoms with van der Waals surface area (Å²) in [4.78, 5) is 7.62. The van der Waals surface area contributed by atoms with Crippen LogP contribution in [0, 0.1) is 0 Å². The molecule has 3 heterocycles. The third-order valence-electron chi connectivity index (χ3n) is 6.55. The minimum atomic E-state index is 0. The van der Waals surface area contributed by atoms with Crippen LogP contribution in [0.25, 0.3) is 0 Å². The molecule has 2 aliphatic heterocycles. The number of halogens is 1. The molecule has 2 fully saturated rings. The molecule has 2 saturated heterocycles. The molecule has 0 saturated carbocycles. The first-order valence-corrected chi connectivity index (χ1v) is 11.7. The Kier molecular flexibility index (Phi) is 9.80. The number of rotatable bonds is 8. The Morgan fingerprint density at radius 1 is 1.09 bits per heavy atom. The van der Waals surface area contributed by atoms with E-state index in [1.165, 1.54) is 37.1 Å². The Hall–Kier alpha value is -1.65. The van der Waals surface area contributed by atoms with Gasteiger partial charge in [-0.05, 0) is 62.9 Å². The van der Waals surface area contributed by atoms with Crippen LogP contribution >= 0.6 is 24.0 Å². The van der Waals surface area contributed by atoms with Crippen LogP contribution in [0.5, 0.6) is 0 Å². The molecule has 0 unspecified atom stereocenters. The summed E-state index contributed by atoms with van der Waals surface area (Å²) in [6, 6.07) is 10.5. The van der Waals surface area contributed by atoms with Gasteiger partial charge in [0.2, 0.25) is 0 Å². The molecule has 2 N–H and O–H groups in total. The number of likely N-dealkylation sites (tertiary alicyclic amines) is 1. The third-order valence-corrected chi connectivity index (χ3v) is 6.55. The number of guanidine groups is 1. The van der Waals surface area contributed by atoms with Gasteiger partial charge in [-0.1, -0.05) is 24.3 Å². The van der Waals surface area contributed by atoms with Crippen molar-refractivity contribution >= 4 is 29.9 Å². The topological polar surface area (TPSA) is 66.7 Å². The van der Waals surface area contributed by atoms with Crippen LogP contribution in [-0.4, -0.2) is 65.6 Å². The van der Waals surface area contributed by atoms with E-state index in [1.54, 1.807) is 0 Å². The molecule has 0 aliphatic carbocycles. The van der Waals surface area contributed by atoms with E-state index >= 15 is 0 Å². The molecule has 0 radical (unpaired) electrons. The molecule has 4 rings (SSSR count). The minimum absolute atomic E-state index is 0. The van der Waals surface area contributed by atoms with E-state index in [0.29, 0.717) is 6.54 Å². The van der Waals surface area contributed by atoms with Gasteiger partial charge in [-0.2, -0.15) is 5.10 Å². The predicted octanol–water partition coefficient (Wildman–Crippen LogP) is 3.25. The SMILES string of the molecule is CCNC(=NCc1ccccc1Cn1cccn1)NCC1(N2CCCC2)CCOCC1.I. The summed E-state index contributed by atoms with van der Waals surface area (Å²) < 4.78 is 7.65. The Labute approximate surface area is 209 Å². The van der Waals surface area contributed by atoms with Gasteiger partial charge < -0.3 is 15.4 Å². The first kappa shape index (κ1) is 25.0. The molecule has 32 heavy (non-hydrogen) atoms. The molecule has 1 aromatic heterocycles. The summed E-state index contributed by atoms with van der Waals surface area (Å²) >= 11 is 0. The number of hydrogen-bond donors (Lipinski definition) is 2. The molecule has 0 bridgehead atoms. The third kappa shape index (κ3) is 6.45. The summed E-state index contributed by atoms with van der Waals surface area (Å²) in [7, 11) is 0. The first-order valence-electron chi connectivity index (χ1n) is 11.7. The Morgan fingerprint density at radius 3 is 2.53 bits per heavy atom. The molecule has 2 aliphatic rings. The molecule has 176 valence electrons. The van der Waals surface area contributed by atoms with Crippen molar-refractivity contribution in [1.82, 2.24) is 25.3 Å². The van der Waals surface area contributed by atoms with Gasteiger partial charge in [-0.3, -0.25) is 9.58 Å². The number of ether oxygens (including phenoxy) is 1. The van der Waals surface area contributed by atoms with Crippen LogP contribution in [0.1, 0.15) is 43.7 Å². The van der Waals surface area contributed by atoms with E-state index in [4.69, 9.17) is 9.73 Å². The standard InChI is InChI=1S/C24H36N6O.HI/c1-2-25-23(27-20-24(10-16-31-17-11-24)29-13-5-6-14-29)26-18-21-8-3-4-9-22(21)19-30-15-7-12-28-30;/h3-4,7-9,12,15H,2,5-6,10-11,13-14,16-20H2,1H3,(H2,25,26,27);1H. The molecular formula is C24H37IN6O. The fraction of sp³-hybridized carbons (Fsp3) is 0.583. The van der Waals surface area contributed by atoms with E-state index in [-0.39, 0.29) is 29.5 Å². The lowest BCUT2D eigenvalue weighted by Crippen LogP contribution is -2.58. The lowest BCUT2D eigenvalue weighted by Gasteiger charge is -2.45. The van der Waals surface area contributed by atoms with Gasteiger partial charge in [0, 0.05) is 44.2 Å². The van der Waals surface area contributed by atoms with Gasteiger partial charge in [0.25, 0.3) is 0 Å². The van der Waals surface area contributed by atoms with E-state index in [1.807, 2.05) is 23.1 Å². The maximum Gasteiger partial charge on any atom is 0.191 e. The smallest absolute Gasteiger partial charge is 0.191 e. The molecule has 8 heteroatoms. The average Bonchev–Trinajstić information content (AvgIpc) is 3.52. The van der Waals surface area contributed by atoms with Gasteiger partial charge in [0.05, 0.1) is 13.1 Å². The zero-order valence-corrected chi connectivity index (χ0v) is 21.5. The van der Waals surface area contributed by atoms with Crippen molar-refractivity contribution in [3.63, 3.8) is 0 Å². The van der Waals surface area contributed by atoms with Crippen molar-refractivity contribution in [2.75, 3.05) is 39.4 Å². The number of hydrogen-bond acceptors (Lipinski definition) is 4. The van der Waals surface area contributed by atoms with Gasteiger partial charge in [-0.25, -0.2) is 4.99 Å². The zero-order valence-electron chi connectivity index (χ0n) is 19.1. The monoisotopic (exact) mass is 552 g/mol. The maximum absolute atomic E-state index is 5.69. The van der Waals surface area contributed by atoms with Crippen LogP contribution in [0.2, 0.25) is 0 Å². The highest BCUT2D eigenvalue weighted by molar-refractivity contribution is 14.0. The molecular weight excluding hydrogens is 515 g/mol. The molecule has 0 atom stereocenters. The van der Waals surface area contributed by atoms with Crippen LogP contribution in [0.15, 0.2) is 47.7 Å². The van der Waals surface area contributed by atoms with Crippen molar-refractivity contribution in [3.05, 3.63) is 53.9 Å². The molecule has 0 spiro atoms. The lowest BCUT2D eigenvalue weighted by atomic mass is 9.88. The van der Waals surface area contributed by atoms with Crippen molar-refractivity contribution < 1.29 is 4.74 Å². The van der Waals surface area contributed by atoms with Gasteiger partial charge >= 0.3 is 0 Å². The normalized spacial score (nSPS) is 18.8. The van der Waals surface area contributed by atoms with E-state index in [2.05, 4.69) is 51.8 Å². The number of aromatic nitrogens is 2. The van der Waals surface area contributed by atoms with Crippen molar-refractivity contribution in [2.24, 2.45) is 4.99 Å². The number of nitrogens with one attached hydrogen (secondary N) is 2. The first-order chi connectivity index (χ1) is 15.3. The lowest BCUT2D eigenvalue weighted by molar-refractivity contribution is -0.0164. The Balaban J connectivity index is 0.00000289. The second-order valence-electron chi connectivity index (χ2n) is 8.55. The maximum atomic E-state index is 5.69. The highest BCUT2D eigenvalue weighted by Crippen LogP contribution is 2.30. The number of nitrogens with zero attached hydrogens (tertiary/aromatic N) is 4. The fourth-order valence-corrected chi connectivity index (χ4v) is 4.74. The quantitative estimate of drug-likeness (QED) is 0.299. The molecule has 2 aromatic rings. The number of benzene rings is 1. The largest absolute Gasteiger partial charge is 0.381 e. The zero-order chi connectivity index (χ0) is 21.4. The van der Waals surface area contributed by atoms with Crippen LogP contribution in [-0.2, 0) is 17.8 Å². The van der Waals surface area contributed by atoms with Crippen molar-refractivity contribution in [3.8, 4) is 0 Å². The summed E-state index contributed by atoms with van der Waals surface area (Å²) in [5.41, 5.74) is 2.67. The second kappa shape index (κ2) is 12.6. The van der Waals surface area contributed by atoms with Gasteiger partial charge in [0.1, 0.15) is 0 Å². The average molecular weight is 553 g/mol. The molecule has 7 nitrogen and oxygen atoms in total. The van der Waals surface area contributed by atoms with E-state index in [0.717, 1.165) is 51.6 Å². The van der Waals surface area contributed by atoms with E-state index in [9.17, 15) is 0 Å². The van der Waals surface area contributed by atoms with Crippen molar-refractivity contribution in [1.29, 1.82) is 0 Å². The van der Waals surface area contributed by atoms with Crippen LogP contribution < -0.4 is 10.6 Å². The highest BCUT2D eigenvalue weighted by Gasteiger charge is 2.39. The summed E-state index contributed by atoms with van der Waals surface area (Å²) in [5.74, 6) is 0.890. The summed E-state index contributed by atoms with van der Waals surface area (Å²) in [5, 5.41) is 11.4. The summed E-state index contributed by atoms with van der Waals surface area (Å²) in [6.07, 6.45) is 8.61. The fourth-order valence-electron chi connectivity index (χ4n) is 4.74. The predicted molar refractivity (Wildman–Crippen MR) is 140 cm³/mol. The van der Waals surface area contributed by atoms with Crippen molar-refractivity contribution in [2.45, 2.75) is 51.2 Å². The highest BCUT2D eigenvalue weighted by atomic mass is 127. The summed E-state index contributed by atoms with van der Waals surface area (Å²) in [6.45, 7) is 9.41.